The van der Waals surface area contributed by atoms with Crippen LogP contribution in [0.2, 0.25) is 0 Å². The number of ether oxygens (including phenoxy) is 1. The van der Waals surface area contributed by atoms with E-state index < -0.39 is 0 Å². The van der Waals surface area contributed by atoms with E-state index in [0.29, 0.717) is 5.75 Å². The van der Waals surface area contributed by atoms with E-state index in [2.05, 4.69) is 55.4 Å². The van der Waals surface area contributed by atoms with Crippen LogP contribution in [0.1, 0.15) is 168 Å². The van der Waals surface area contributed by atoms with Gasteiger partial charge in [0, 0.05) is 5.56 Å². The van der Waals surface area contributed by atoms with Gasteiger partial charge < -0.3 is 14.9 Å². The highest BCUT2D eigenvalue weighted by atomic mass is 16.5. The summed E-state index contributed by atoms with van der Waals surface area (Å²) in [7, 11) is 0. The third kappa shape index (κ3) is 11.7. The zero-order valence-corrected chi connectivity index (χ0v) is 29.8. The van der Waals surface area contributed by atoms with Gasteiger partial charge in [-0.15, -0.1) is 0 Å². The number of aromatic hydroxyl groups is 1. The molecule has 244 valence electrons. The van der Waals surface area contributed by atoms with Crippen LogP contribution in [0.15, 0.2) is 0 Å². The second-order valence-electron chi connectivity index (χ2n) is 16.0. The van der Waals surface area contributed by atoms with Crippen molar-refractivity contribution in [3.05, 3.63) is 22.3 Å². The van der Waals surface area contributed by atoms with Crippen molar-refractivity contribution < 1.29 is 14.9 Å². The molecule has 0 saturated heterocycles. The SMILES string of the molecule is CC(C)C1CCC(C)(O)CC1.Cc1c(C)c2c(c(C)c1O)CC[C@](C)(CCC[C@H](C)CCC[C@@H](C)CCCC(C)C)O2. The zero-order chi connectivity index (χ0) is 31.7. The van der Waals surface area contributed by atoms with Crippen molar-refractivity contribution in [2.45, 2.75) is 184 Å². The molecule has 3 heteroatoms. The molecule has 0 radical (unpaired) electrons. The molecule has 2 N–H and O–H groups in total. The van der Waals surface area contributed by atoms with Gasteiger partial charge in [-0.05, 0) is 132 Å². The molecule has 0 aromatic heterocycles. The molecule has 0 unspecified atom stereocenters. The fourth-order valence-corrected chi connectivity index (χ4v) is 7.20. The van der Waals surface area contributed by atoms with E-state index >= 15 is 0 Å². The maximum atomic E-state index is 10.4. The Morgan fingerprint density at radius 3 is 1.79 bits per heavy atom. The van der Waals surface area contributed by atoms with Gasteiger partial charge in [0.05, 0.1) is 5.60 Å². The Morgan fingerprint density at radius 2 is 1.26 bits per heavy atom. The number of fused-ring (bicyclic) bond motifs is 1. The summed E-state index contributed by atoms with van der Waals surface area (Å²) in [6, 6.07) is 0. The normalized spacial score (nSPS) is 25.4. The van der Waals surface area contributed by atoms with E-state index in [1.807, 2.05) is 20.8 Å². The lowest BCUT2D eigenvalue weighted by Crippen LogP contribution is -2.37. The molecule has 3 nitrogen and oxygen atoms in total. The summed E-state index contributed by atoms with van der Waals surface area (Å²) < 4.78 is 6.60. The molecule has 0 bridgehead atoms. The Morgan fingerprint density at radius 1 is 0.738 bits per heavy atom. The number of benzene rings is 1. The van der Waals surface area contributed by atoms with Gasteiger partial charge in [0.25, 0.3) is 0 Å². The summed E-state index contributed by atoms with van der Waals surface area (Å²) >= 11 is 0. The van der Waals surface area contributed by atoms with Crippen LogP contribution in [-0.4, -0.2) is 21.4 Å². The van der Waals surface area contributed by atoms with E-state index in [4.69, 9.17) is 4.74 Å². The second kappa shape index (κ2) is 16.7. The molecule has 1 saturated carbocycles. The van der Waals surface area contributed by atoms with E-state index in [0.717, 1.165) is 84.1 Å². The van der Waals surface area contributed by atoms with Gasteiger partial charge in [0.2, 0.25) is 0 Å². The van der Waals surface area contributed by atoms with Crippen LogP contribution in [-0.2, 0) is 6.42 Å². The van der Waals surface area contributed by atoms with Crippen LogP contribution in [0.3, 0.4) is 0 Å². The second-order valence-corrected chi connectivity index (χ2v) is 16.0. The van der Waals surface area contributed by atoms with Crippen molar-refractivity contribution in [1.29, 1.82) is 0 Å². The van der Waals surface area contributed by atoms with Crippen molar-refractivity contribution in [1.82, 2.24) is 0 Å². The van der Waals surface area contributed by atoms with Crippen molar-refractivity contribution in [3.8, 4) is 11.5 Å². The highest BCUT2D eigenvalue weighted by Gasteiger charge is 2.34. The molecule has 42 heavy (non-hydrogen) atoms. The van der Waals surface area contributed by atoms with Crippen LogP contribution < -0.4 is 4.74 Å². The van der Waals surface area contributed by atoms with Gasteiger partial charge in [-0.2, -0.15) is 0 Å². The average molecular weight is 587 g/mol. The zero-order valence-electron chi connectivity index (χ0n) is 29.8. The minimum atomic E-state index is -0.356. The molecular formula is C39H70O3. The molecule has 3 atom stereocenters. The smallest absolute Gasteiger partial charge is 0.127 e. The average Bonchev–Trinajstić information content (AvgIpc) is 2.90. The number of phenolic OH excluding ortho intramolecular Hbond substituents is 1. The number of aliphatic hydroxyl groups is 1. The first-order valence-electron chi connectivity index (χ1n) is 17.8. The summed E-state index contributed by atoms with van der Waals surface area (Å²) in [5, 5.41) is 20.1. The van der Waals surface area contributed by atoms with E-state index in [-0.39, 0.29) is 11.2 Å². The van der Waals surface area contributed by atoms with Gasteiger partial charge in [-0.25, -0.2) is 0 Å². The largest absolute Gasteiger partial charge is 0.507 e. The Kier molecular flexibility index (Phi) is 14.7. The highest BCUT2D eigenvalue weighted by molar-refractivity contribution is 5.58. The third-order valence-electron chi connectivity index (χ3n) is 10.9. The summed E-state index contributed by atoms with van der Waals surface area (Å²) in [5.74, 6) is 5.69. The number of hydrogen-bond donors (Lipinski definition) is 2. The molecule has 1 aliphatic heterocycles. The van der Waals surface area contributed by atoms with Gasteiger partial charge in [0.15, 0.2) is 0 Å². The molecule has 2 aliphatic rings. The number of rotatable bonds is 13. The minimum Gasteiger partial charge on any atom is -0.507 e. The molecule has 0 amide bonds. The first kappa shape index (κ1) is 37.0. The van der Waals surface area contributed by atoms with Crippen molar-refractivity contribution in [2.24, 2.45) is 29.6 Å². The Hall–Kier alpha value is -1.22. The van der Waals surface area contributed by atoms with E-state index in [1.165, 1.54) is 69.8 Å². The topological polar surface area (TPSA) is 49.7 Å². The highest BCUT2D eigenvalue weighted by Crippen LogP contribution is 2.44. The van der Waals surface area contributed by atoms with E-state index in [1.54, 1.807) is 0 Å². The van der Waals surface area contributed by atoms with Crippen molar-refractivity contribution >= 4 is 0 Å². The molecule has 1 fully saturated rings. The Labute approximate surface area is 261 Å². The third-order valence-corrected chi connectivity index (χ3v) is 10.9. The van der Waals surface area contributed by atoms with Gasteiger partial charge >= 0.3 is 0 Å². The molecule has 1 aromatic carbocycles. The lowest BCUT2D eigenvalue weighted by molar-refractivity contribution is 0.00161. The molecule has 0 spiro atoms. The molecule has 3 rings (SSSR count). The Bertz CT molecular complexity index is 936. The van der Waals surface area contributed by atoms with Crippen LogP contribution in [0, 0.1) is 50.4 Å². The van der Waals surface area contributed by atoms with Crippen LogP contribution in [0.25, 0.3) is 0 Å². The fraction of sp³-hybridized carbons (Fsp3) is 0.846. The quantitative estimate of drug-likeness (QED) is 0.242. The first-order chi connectivity index (χ1) is 19.5. The fourth-order valence-electron chi connectivity index (χ4n) is 7.20. The molecule has 1 aromatic rings. The van der Waals surface area contributed by atoms with Crippen LogP contribution in [0.4, 0.5) is 0 Å². The van der Waals surface area contributed by atoms with Gasteiger partial charge in [-0.1, -0.05) is 86.5 Å². The molecule has 1 aliphatic carbocycles. The predicted octanol–water partition coefficient (Wildman–Crippen LogP) is 11.4. The van der Waals surface area contributed by atoms with Crippen molar-refractivity contribution in [3.63, 3.8) is 0 Å². The summed E-state index contributed by atoms with van der Waals surface area (Å²) in [4.78, 5) is 0. The van der Waals surface area contributed by atoms with Gasteiger partial charge in [-0.3, -0.25) is 0 Å². The van der Waals surface area contributed by atoms with Gasteiger partial charge in [0.1, 0.15) is 17.1 Å². The number of hydrogen-bond acceptors (Lipinski definition) is 3. The molecular weight excluding hydrogens is 516 g/mol. The minimum absolute atomic E-state index is 0.0712. The monoisotopic (exact) mass is 587 g/mol. The lowest BCUT2D eigenvalue weighted by Gasteiger charge is -2.38. The predicted molar refractivity (Wildman–Crippen MR) is 182 cm³/mol. The summed E-state index contributed by atoms with van der Waals surface area (Å²) in [6.45, 7) is 24.5. The maximum absolute atomic E-state index is 10.4. The van der Waals surface area contributed by atoms with E-state index in [9.17, 15) is 10.2 Å². The maximum Gasteiger partial charge on any atom is 0.127 e. The van der Waals surface area contributed by atoms with Crippen molar-refractivity contribution in [2.75, 3.05) is 0 Å². The lowest BCUT2D eigenvalue weighted by atomic mass is 9.75. The van der Waals surface area contributed by atoms with Crippen LogP contribution in [0.5, 0.6) is 11.5 Å². The first-order valence-corrected chi connectivity index (χ1v) is 17.8. The molecule has 1 heterocycles. The summed E-state index contributed by atoms with van der Waals surface area (Å²) in [6.07, 6.45) is 18.5. The Balaban J connectivity index is 0.000000468. The van der Waals surface area contributed by atoms with Crippen LogP contribution >= 0.6 is 0 Å². The standard InChI is InChI=1S/C29H50O2.C10H20O/c1-20(2)12-9-13-21(3)14-10-15-22(4)16-11-18-29(8)19-17-26-25(7)27(30)23(5)24(6)28(26)31-29;1-8(2)9-4-6-10(3,11)7-5-9/h20-22,30H,9-19H2,1-8H3;8-9,11H,4-7H2,1-3H3/t21-,22+,29-;/m0./s1. The summed E-state index contributed by atoms with van der Waals surface area (Å²) in [5.41, 5.74) is 3.87. The number of phenols is 1.